The van der Waals surface area contributed by atoms with Crippen molar-refractivity contribution in [1.82, 2.24) is 0 Å². The van der Waals surface area contributed by atoms with Gasteiger partial charge < -0.3 is 23.7 Å². The second-order valence-corrected chi connectivity index (χ2v) is 6.80. The zero-order valence-electron chi connectivity index (χ0n) is 17.7. The van der Waals surface area contributed by atoms with E-state index in [1.165, 1.54) is 20.3 Å². The van der Waals surface area contributed by atoms with Crippen molar-refractivity contribution in [2.75, 3.05) is 21.3 Å². The lowest BCUT2D eigenvalue weighted by atomic mass is 10.1. The summed E-state index contributed by atoms with van der Waals surface area (Å²) in [7, 11) is 4.57. The number of ether oxygens (including phenoxy) is 5. The topological polar surface area (TPSA) is 80.3 Å². The van der Waals surface area contributed by atoms with Crippen LogP contribution in [-0.4, -0.2) is 33.1 Å². The fraction of sp³-hybridized carbons (Fsp3) is 0.120. The minimum Gasteiger partial charge on any atom is -0.496 e. The third-order valence-electron chi connectivity index (χ3n) is 4.88. The Morgan fingerprint density at radius 1 is 0.844 bits per heavy atom. The number of benzene rings is 3. The summed E-state index contributed by atoms with van der Waals surface area (Å²) in [6.45, 7) is 0. The molecule has 0 bridgehead atoms. The molecule has 7 heteroatoms. The number of hydrogen-bond donors (Lipinski definition) is 0. The van der Waals surface area contributed by atoms with Crippen LogP contribution in [0, 0.1) is 0 Å². The van der Waals surface area contributed by atoms with Crippen molar-refractivity contribution >= 4 is 17.8 Å². The highest BCUT2D eigenvalue weighted by Crippen LogP contribution is 2.36. The second kappa shape index (κ2) is 8.85. The Hall–Kier alpha value is -4.26. The van der Waals surface area contributed by atoms with Crippen LogP contribution >= 0.6 is 0 Å². The van der Waals surface area contributed by atoms with Crippen molar-refractivity contribution in [3.05, 3.63) is 83.1 Å². The van der Waals surface area contributed by atoms with Gasteiger partial charge >= 0.3 is 5.97 Å². The summed E-state index contributed by atoms with van der Waals surface area (Å²) in [5, 5.41) is 0. The van der Waals surface area contributed by atoms with Crippen LogP contribution in [0.15, 0.2) is 66.4 Å². The number of fused-ring (bicyclic) bond motifs is 1. The number of Topliss-reactive ketones (excluding diaryl/α,β-unsaturated/α-hetero) is 1. The quantitative estimate of drug-likeness (QED) is 0.321. The van der Waals surface area contributed by atoms with Crippen molar-refractivity contribution in [3.8, 4) is 28.7 Å². The van der Waals surface area contributed by atoms with Crippen LogP contribution in [0.3, 0.4) is 0 Å². The molecule has 0 saturated carbocycles. The van der Waals surface area contributed by atoms with Crippen molar-refractivity contribution in [1.29, 1.82) is 0 Å². The SMILES string of the molecule is COc1ccc(/C=C2\Oc3cc(OC(=O)c4ccccc4OC)ccc3C2=O)cc1OC. The Morgan fingerprint density at radius 3 is 2.34 bits per heavy atom. The van der Waals surface area contributed by atoms with Gasteiger partial charge in [0.25, 0.3) is 0 Å². The van der Waals surface area contributed by atoms with Gasteiger partial charge in [0.15, 0.2) is 17.3 Å². The highest BCUT2D eigenvalue weighted by molar-refractivity contribution is 6.14. The predicted octanol–water partition coefficient (Wildman–Crippen LogP) is 4.55. The summed E-state index contributed by atoms with van der Waals surface area (Å²) in [6.07, 6.45) is 1.62. The van der Waals surface area contributed by atoms with E-state index in [-0.39, 0.29) is 17.3 Å². The number of carbonyl (C=O) groups is 2. The highest BCUT2D eigenvalue weighted by Gasteiger charge is 2.28. The molecule has 32 heavy (non-hydrogen) atoms. The number of rotatable bonds is 6. The molecule has 0 radical (unpaired) electrons. The molecular formula is C25H20O7. The van der Waals surface area contributed by atoms with Gasteiger partial charge in [0.05, 0.1) is 26.9 Å². The summed E-state index contributed by atoms with van der Waals surface area (Å²) in [4.78, 5) is 25.3. The number of esters is 1. The van der Waals surface area contributed by atoms with E-state index in [0.717, 1.165) is 0 Å². The van der Waals surface area contributed by atoms with Crippen LogP contribution in [0.5, 0.6) is 28.7 Å². The lowest BCUT2D eigenvalue weighted by molar-refractivity contribution is 0.0731. The molecular weight excluding hydrogens is 412 g/mol. The zero-order chi connectivity index (χ0) is 22.7. The van der Waals surface area contributed by atoms with Crippen LogP contribution in [0.4, 0.5) is 0 Å². The molecule has 0 saturated heterocycles. The number of allylic oxidation sites excluding steroid dienone is 1. The Kier molecular flexibility index (Phi) is 5.81. The minimum absolute atomic E-state index is 0.153. The Balaban J connectivity index is 1.56. The monoisotopic (exact) mass is 432 g/mol. The Labute approximate surface area is 184 Å². The number of carbonyl (C=O) groups excluding carboxylic acids is 2. The largest absolute Gasteiger partial charge is 0.496 e. The average Bonchev–Trinajstić information content (AvgIpc) is 3.13. The first kappa shape index (κ1) is 21.0. The smallest absolute Gasteiger partial charge is 0.347 e. The van der Waals surface area contributed by atoms with Crippen molar-refractivity contribution in [3.63, 3.8) is 0 Å². The summed E-state index contributed by atoms with van der Waals surface area (Å²) < 4.78 is 26.9. The minimum atomic E-state index is -0.576. The first-order valence-electron chi connectivity index (χ1n) is 9.69. The second-order valence-electron chi connectivity index (χ2n) is 6.80. The molecule has 0 aliphatic carbocycles. The summed E-state index contributed by atoms with van der Waals surface area (Å²) in [6, 6.07) is 16.7. The van der Waals surface area contributed by atoms with E-state index in [1.54, 1.807) is 67.8 Å². The molecule has 3 aromatic rings. The van der Waals surface area contributed by atoms with Gasteiger partial charge in [0, 0.05) is 6.07 Å². The van der Waals surface area contributed by atoms with Gasteiger partial charge in [-0.25, -0.2) is 4.79 Å². The van der Waals surface area contributed by atoms with Gasteiger partial charge in [-0.15, -0.1) is 0 Å². The molecule has 0 N–H and O–H groups in total. The number of hydrogen-bond acceptors (Lipinski definition) is 7. The first-order valence-corrected chi connectivity index (χ1v) is 9.69. The maximum Gasteiger partial charge on any atom is 0.347 e. The molecule has 0 spiro atoms. The van der Waals surface area contributed by atoms with Crippen LogP contribution in [-0.2, 0) is 0 Å². The molecule has 0 amide bonds. The van der Waals surface area contributed by atoms with Gasteiger partial charge in [-0.05, 0) is 48.0 Å². The molecule has 4 rings (SSSR count). The van der Waals surface area contributed by atoms with E-state index in [1.807, 2.05) is 0 Å². The van der Waals surface area contributed by atoms with Crippen molar-refractivity contribution < 1.29 is 33.3 Å². The fourth-order valence-electron chi connectivity index (χ4n) is 3.30. The number of ketones is 1. The average molecular weight is 432 g/mol. The zero-order valence-corrected chi connectivity index (χ0v) is 17.7. The lowest BCUT2D eigenvalue weighted by Crippen LogP contribution is -2.10. The first-order chi connectivity index (χ1) is 15.5. The highest BCUT2D eigenvalue weighted by atomic mass is 16.5. The predicted molar refractivity (Wildman–Crippen MR) is 117 cm³/mol. The lowest BCUT2D eigenvalue weighted by Gasteiger charge is -2.09. The van der Waals surface area contributed by atoms with Crippen LogP contribution < -0.4 is 23.7 Å². The standard InChI is InChI=1S/C25H20O7/c1-28-19-7-5-4-6-18(19)25(27)31-16-9-10-17-21(14-16)32-23(24(17)26)13-15-8-11-20(29-2)22(12-15)30-3/h4-14H,1-3H3/b23-13-. The van der Waals surface area contributed by atoms with E-state index in [4.69, 9.17) is 23.7 Å². The van der Waals surface area contributed by atoms with E-state index >= 15 is 0 Å². The van der Waals surface area contributed by atoms with Gasteiger partial charge in [-0.3, -0.25) is 4.79 Å². The van der Waals surface area contributed by atoms with Crippen molar-refractivity contribution in [2.45, 2.75) is 0 Å². The fourth-order valence-corrected chi connectivity index (χ4v) is 3.30. The molecule has 1 aliphatic rings. The van der Waals surface area contributed by atoms with E-state index < -0.39 is 5.97 Å². The molecule has 1 heterocycles. The van der Waals surface area contributed by atoms with Gasteiger partial charge in [0.2, 0.25) is 5.78 Å². The van der Waals surface area contributed by atoms with E-state index in [2.05, 4.69) is 0 Å². The summed E-state index contributed by atoms with van der Waals surface area (Å²) in [5.74, 6) is 1.40. The van der Waals surface area contributed by atoms with E-state index in [0.29, 0.717) is 39.7 Å². The summed E-state index contributed by atoms with van der Waals surface area (Å²) >= 11 is 0. The molecule has 0 aromatic heterocycles. The van der Waals surface area contributed by atoms with Crippen LogP contribution in [0.25, 0.3) is 6.08 Å². The maximum atomic E-state index is 12.7. The van der Waals surface area contributed by atoms with E-state index in [9.17, 15) is 9.59 Å². The normalized spacial score (nSPS) is 13.3. The molecule has 1 aliphatic heterocycles. The van der Waals surface area contributed by atoms with Crippen LogP contribution in [0.2, 0.25) is 0 Å². The molecule has 7 nitrogen and oxygen atoms in total. The molecule has 0 fully saturated rings. The maximum absolute atomic E-state index is 12.7. The third-order valence-corrected chi connectivity index (χ3v) is 4.88. The number of para-hydroxylation sites is 1. The Bertz CT molecular complexity index is 1230. The van der Waals surface area contributed by atoms with Crippen molar-refractivity contribution in [2.24, 2.45) is 0 Å². The van der Waals surface area contributed by atoms with Gasteiger partial charge in [-0.2, -0.15) is 0 Å². The summed E-state index contributed by atoms with van der Waals surface area (Å²) in [5.41, 5.74) is 1.39. The van der Waals surface area contributed by atoms with Gasteiger partial charge in [0.1, 0.15) is 22.8 Å². The molecule has 0 unspecified atom stereocenters. The Morgan fingerprint density at radius 2 is 1.59 bits per heavy atom. The third kappa shape index (κ3) is 4.00. The van der Waals surface area contributed by atoms with Gasteiger partial charge in [-0.1, -0.05) is 18.2 Å². The molecule has 162 valence electrons. The van der Waals surface area contributed by atoms with Crippen LogP contribution in [0.1, 0.15) is 26.3 Å². The number of methoxy groups -OCH3 is 3. The molecule has 3 aromatic carbocycles. The molecule has 0 atom stereocenters.